The maximum atomic E-state index is 6.13. The van der Waals surface area contributed by atoms with Crippen molar-refractivity contribution in [3.05, 3.63) is 126 Å². The molecule has 0 saturated heterocycles. The Hall–Kier alpha value is -4.10. The van der Waals surface area contributed by atoms with Crippen molar-refractivity contribution in [2.75, 3.05) is 6.61 Å². The summed E-state index contributed by atoms with van der Waals surface area (Å²) in [6.07, 6.45) is 8.60. The maximum absolute atomic E-state index is 6.13. The molecule has 40 heavy (non-hydrogen) atoms. The molecule has 1 heteroatoms. The SMILES string of the molecule is CCCCCCCCOc1ccc(-c2cc3c(c(-c4ccccc4)c2-c2ccccc2)Cc2ccccc2-3)cc1. The molecule has 0 bridgehead atoms. The molecule has 5 aromatic carbocycles. The van der Waals surface area contributed by atoms with Gasteiger partial charge in [-0.2, -0.15) is 0 Å². The Labute approximate surface area is 239 Å². The number of ether oxygens (including phenoxy) is 1. The lowest BCUT2D eigenvalue weighted by Crippen LogP contribution is -1.98. The first-order valence-electron chi connectivity index (χ1n) is 15.0. The van der Waals surface area contributed by atoms with E-state index in [0.29, 0.717) is 0 Å². The third-order valence-corrected chi connectivity index (χ3v) is 8.17. The van der Waals surface area contributed by atoms with Crippen LogP contribution in [0.15, 0.2) is 115 Å². The van der Waals surface area contributed by atoms with E-state index in [1.54, 1.807) is 0 Å². The highest BCUT2D eigenvalue weighted by molar-refractivity contribution is 6.01. The minimum absolute atomic E-state index is 0.786. The summed E-state index contributed by atoms with van der Waals surface area (Å²) in [5.41, 5.74) is 13.2. The Kier molecular flexibility index (Phi) is 8.10. The van der Waals surface area contributed by atoms with Crippen molar-refractivity contribution < 1.29 is 4.74 Å². The average Bonchev–Trinajstić information content (AvgIpc) is 3.39. The quantitative estimate of drug-likeness (QED) is 0.154. The molecule has 0 atom stereocenters. The summed E-state index contributed by atoms with van der Waals surface area (Å²) >= 11 is 0. The van der Waals surface area contributed by atoms with Gasteiger partial charge in [-0.15, -0.1) is 0 Å². The number of fused-ring (bicyclic) bond motifs is 3. The minimum Gasteiger partial charge on any atom is -0.494 e. The Balaban J connectivity index is 1.41. The van der Waals surface area contributed by atoms with Crippen molar-refractivity contribution in [2.24, 2.45) is 0 Å². The van der Waals surface area contributed by atoms with Gasteiger partial charge >= 0.3 is 0 Å². The molecule has 6 rings (SSSR count). The zero-order chi connectivity index (χ0) is 27.1. The molecular weight excluding hydrogens is 484 g/mol. The van der Waals surface area contributed by atoms with Gasteiger partial charge in [-0.25, -0.2) is 0 Å². The molecule has 0 heterocycles. The molecule has 0 aliphatic heterocycles. The van der Waals surface area contributed by atoms with Crippen molar-refractivity contribution >= 4 is 0 Å². The van der Waals surface area contributed by atoms with Crippen LogP contribution in [-0.4, -0.2) is 6.61 Å². The van der Waals surface area contributed by atoms with Gasteiger partial charge in [0.25, 0.3) is 0 Å². The summed E-state index contributed by atoms with van der Waals surface area (Å²) in [4.78, 5) is 0. The fourth-order valence-electron chi connectivity index (χ4n) is 6.13. The lowest BCUT2D eigenvalue weighted by atomic mass is 9.82. The fourth-order valence-corrected chi connectivity index (χ4v) is 6.13. The first-order valence-corrected chi connectivity index (χ1v) is 15.0. The van der Waals surface area contributed by atoms with Gasteiger partial charge in [0, 0.05) is 0 Å². The molecule has 0 N–H and O–H groups in total. The third-order valence-electron chi connectivity index (χ3n) is 8.17. The molecule has 5 aromatic rings. The molecule has 0 unspecified atom stereocenters. The van der Waals surface area contributed by atoms with E-state index in [0.717, 1.165) is 25.2 Å². The summed E-state index contributed by atoms with van der Waals surface area (Å²) < 4.78 is 6.13. The molecule has 1 nitrogen and oxygen atoms in total. The zero-order valence-electron chi connectivity index (χ0n) is 23.5. The Morgan fingerprint density at radius 1 is 0.525 bits per heavy atom. The van der Waals surface area contributed by atoms with Crippen molar-refractivity contribution in [2.45, 2.75) is 51.9 Å². The van der Waals surface area contributed by atoms with Crippen molar-refractivity contribution in [3.8, 4) is 50.3 Å². The van der Waals surface area contributed by atoms with Gasteiger partial charge in [0.15, 0.2) is 0 Å². The van der Waals surface area contributed by atoms with Crippen molar-refractivity contribution in [3.63, 3.8) is 0 Å². The van der Waals surface area contributed by atoms with E-state index in [9.17, 15) is 0 Å². The van der Waals surface area contributed by atoms with Gasteiger partial charge in [-0.3, -0.25) is 0 Å². The maximum Gasteiger partial charge on any atom is 0.119 e. The second kappa shape index (κ2) is 12.4. The predicted octanol–water partition coefficient (Wildman–Crippen LogP) is 11.0. The van der Waals surface area contributed by atoms with Gasteiger partial charge in [0.1, 0.15) is 5.75 Å². The van der Waals surface area contributed by atoms with Gasteiger partial charge in [0.2, 0.25) is 0 Å². The minimum atomic E-state index is 0.786. The molecule has 1 aliphatic carbocycles. The molecular formula is C39H38O. The van der Waals surface area contributed by atoms with Crippen LogP contribution in [0, 0.1) is 0 Å². The van der Waals surface area contributed by atoms with E-state index in [4.69, 9.17) is 4.74 Å². The normalized spacial score (nSPS) is 11.7. The van der Waals surface area contributed by atoms with E-state index < -0.39 is 0 Å². The third kappa shape index (κ3) is 5.47. The molecule has 0 radical (unpaired) electrons. The van der Waals surface area contributed by atoms with Crippen LogP contribution in [0.1, 0.15) is 56.6 Å². The second-order valence-electron chi connectivity index (χ2n) is 10.9. The highest BCUT2D eigenvalue weighted by atomic mass is 16.5. The number of unbranched alkanes of at least 4 members (excludes halogenated alkanes) is 5. The monoisotopic (exact) mass is 522 g/mol. The van der Waals surface area contributed by atoms with Crippen LogP contribution in [0.25, 0.3) is 44.5 Å². The van der Waals surface area contributed by atoms with Crippen molar-refractivity contribution in [1.82, 2.24) is 0 Å². The Bertz CT molecular complexity index is 1550. The van der Waals surface area contributed by atoms with E-state index in [1.165, 1.54) is 87.7 Å². The van der Waals surface area contributed by atoms with Crippen LogP contribution in [-0.2, 0) is 6.42 Å². The highest BCUT2D eigenvalue weighted by Gasteiger charge is 2.27. The molecule has 0 amide bonds. The largest absolute Gasteiger partial charge is 0.494 e. The first kappa shape index (κ1) is 26.1. The summed E-state index contributed by atoms with van der Waals surface area (Å²) in [7, 11) is 0. The van der Waals surface area contributed by atoms with Gasteiger partial charge < -0.3 is 4.74 Å². The lowest BCUT2D eigenvalue weighted by molar-refractivity contribution is 0.304. The van der Waals surface area contributed by atoms with E-state index in [-0.39, 0.29) is 0 Å². The number of benzene rings is 5. The summed E-state index contributed by atoms with van der Waals surface area (Å²) in [5, 5.41) is 0. The summed E-state index contributed by atoms with van der Waals surface area (Å²) in [6, 6.07) is 41.9. The van der Waals surface area contributed by atoms with E-state index >= 15 is 0 Å². The molecule has 200 valence electrons. The molecule has 0 saturated carbocycles. The Morgan fingerprint density at radius 2 is 1.15 bits per heavy atom. The van der Waals surface area contributed by atoms with Crippen LogP contribution in [0.2, 0.25) is 0 Å². The molecule has 0 spiro atoms. The Morgan fingerprint density at radius 3 is 1.88 bits per heavy atom. The smallest absolute Gasteiger partial charge is 0.119 e. The summed E-state index contributed by atoms with van der Waals surface area (Å²) in [5.74, 6) is 0.952. The van der Waals surface area contributed by atoms with Crippen LogP contribution >= 0.6 is 0 Å². The van der Waals surface area contributed by atoms with Gasteiger partial charge in [-0.1, -0.05) is 136 Å². The molecule has 1 aliphatic rings. The van der Waals surface area contributed by atoms with Crippen LogP contribution in [0.4, 0.5) is 0 Å². The van der Waals surface area contributed by atoms with E-state index in [2.05, 4.69) is 122 Å². The number of rotatable bonds is 11. The van der Waals surface area contributed by atoms with Gasteiger partial charge in [0.05, 0.1) is 6.61 Å². The average molecular weight is 523 g/mol. The fraction of sp³-hybridized carbons (Fsp3) is 0.231. The van der Waals surface area contributed by atoms with Crippen LogP contribution < -0.4 is 4.74 Å². The van der Waals surface area contributed by atoms with Crippen LogP contribution in [0.5, 0.6) is 5.75 Å². The molecule has 0 aromatic heterocycles. The molecule has 0 fully saturated rings. The second-order valence-corrected chi connectivity index (χ2v) is 10.9. The number of hydrogen-bond donors (Lipinski definition) is 0. The highest BCUT2D eigenvalue weighted by Crippen LogP contribution is 2.50. The zero-order valence-corrected chi connectivity index (χ0v) is 23.5. The lowest BCUT2D eigenvalue weighted by Gasteiger charge is -2.21. The number of hydrogen-bond acceptors (Lipinski definition) is 1. The standard InChI is InChI=1S/C39H38O/c1-2-3-4-5-6-15-26-40-33-24-22-29(23-25-33)35-28-36-34-21-14-13-20-32(34)27-37(36)39(31-18-11-8-12-19-31)38(35)30-16-9-7-10-17-30/h7-14,16-25,28H,2-6,15,26-27H2,1H3. The topological polar surface area (TPSA) is 9.23 Å². The van der Waals surface area contributed by atoms with Gasteiger partial charge in [-0.05, 0) is 86.7 Å². The van der Waals surface area contributed by atoms with E-state index in [1.807, 2.05) is 0 Å². The predicted molar refractivity (Wildman–Crippen MR) is 170 cm³/mol. The first-order chi connectivity index (χ1) is 19.8. The van der Waals surface area contributed by atoms with Crippen LogP contribution in [0.3, 0.4) is 0 Å². The van der Waals surface area contributed by atoms with Crippen molar-refractivity contribution in [1.29, 1.82) is 0 Å². The summed E-state index contributed by atoms with van der Waals surface area (Å²) in [6.45, 7) is 3.05.